The summed E-state index contributed by atoms with van der Waals surface area (Å²) in [6, 6.07) is 21.8. The van der Waals surface area contributed by atoms with Crippen LogP contribution in [0, 0.1) is 5.11 Å². The Kier molecular flexibility index (Phi) is 9.78. The van der Waals surface area contributed by atoms with Crippen LogP contribution in [0.5, 0.6) is 5.75 Å². The Morgan fingerprint density at radius 1 is 0.667 bits per heavy atom. The Balaban J connectivity index is 1.79. The van der Waals surface area contributed by atoms with E-state index in [1.54, 1.807) is 0 Å². The van der Waals surface area contributed by atoms with Gasteiger partial charge in [-0.15, -0.1) is 0 Å². The van der Waals surface area contributed by atoms with Gasteiger partial charge in [0.1, 0.15) is 0 Å². The molecule has 0 aliphatic rings. The number of hydrogen-bond donors (Lipinski definition) is 1. The van der Waals surface area contributed by atoms with Gasteiger partial charge in [0, 0.05) is 0 Å². The third kappa shape index (κ3) is 5.51. The average Bonchev–Trinajstić information content (AvgIpc) is 3.55. The van der Waals surface area contributed by atoms with E-state index >= 15 is 0 Å². The Morgan fingerprint density at radius 2 is 1.24 bits per heavy atom. The minimum atomic E-state index is 0.338. The van der Waals surface area contributed by atoms with Crippen LogP contribution in [0.3, 0.4) is 0 Å². The summed E-state index contributed by atoms with van der Waals surface area (Å²) in [6.45, 7) is 4.37. The van der Waals surface area contributed by atoms with Crippen molar-refractivity contribution in [1.82, 2.24) is 9.55 Å². The van der Waals surface area contributed by atoms with Crippen LogP contribution in [-0.4, -0.2) is 108 Å². The van der Waals surface area contributed by atoms with Crippen LogP contribution < -0.4 is 48.9 Å². The quantitative estimate of drug-likeness (QED) is 0.183. The van der Waals surface area contributed by atoms with Crippen LogP contribution in [-0.2, 0) is 6.42 Å². The number of imidazole rings is 1. The Bertz CT molecular complexity index is 2900. The zero-order chi connectivity index (χ0) is 39.1. The summed E-state index contributed by atoms with van der Waals surface area (Å²) in [4.78, 5) is 5.05. The van der Waals surface area contributed by atoms with Gasteiger partial charge in [-0.3, -0.25) is 0 Å². The first-order chi connectivity index (χ1) is 25.6. The van der Waals surface area contributed by atoms with Gasteiger partial charge in [-0.05, 0) is 0 Å². The summed E-state index contributed by atoms with van der Waals surface area (Å²) in [5.74, 6) is 1.37. The number of aromatic nitrogens is 2. The molecule has 0 spiro atoms. The van der Waals surface area contributed by atoms with Crippen LogP contribution in [0.25, 0.3) is 66.0 Å². The van der Waals surface area contributed by atoms with Crippen LogP contribution in [0.2, 0.25) is 0 Å². The van der Waals surface area contributed by atoms with Crippen LogP contribution in [0.4, 0.5) is 0 Å². The van der Waals surface area contributed by atoms with Gasteiger partial charge >= 0.3 is 332 Å². The van der Waals surface area contributed by atoms with Crippen molar-refractivity contribution < 1.29 is 5.11 Å². The molecular weight excluding hydrogens is 642 g/mol. The van der Waals surface area contributed by atoms with E-state index in [0.29, 0.717) is 5.75 Å². The molecule has 15 heteroatoms. The third-order valence-electron chi connectivity index (χ3n) is 13.0. The molecule has 0 radical (unpaired) electrons. The van der Waals surface area contributed by atoms with Crippen LogP contribution in [0.1, 0.15) is 19.7 Å². The SMILES string of the molecule is B=c1c(-c2c(B)c(B)c(B)c(B)c2B)c2c(O)c(B)c(B)c(B)c2c(-c2ccc(-n3c(CC)nc4ccccc43)c3ccccc23)/c1=C(B)/C(B)=C(/B)C. The van der Waals surface area contributed by atoms with E-state index < -0.39 is 0 Å². The summed E-state index contributed by atoms with van der Waals surface area (Å²) < 4.78 is 2.33. The second-order valence-electron chi connectivity index (χ2n) is 15.7. The number of phenolic OH excluding ortho intramolecular Hbond substituents is 1. The van der Waals surface area contributed by atoms with Crippen LogP contribution >= 0.6 is 0 Å². The van der Waals surface area contributed by atoms with Gasteiger partial charge in [-0.2, -0.15) is 0 Å². The first-order valence-electron chi connectivity index (χ1n) is 19.3. The van der Waals surface area contributed by atoms with Gasteiger partial charge < -0.3 is 0 Å². The number of para-hydroxylation sites is 2. The van der Waals surface area contributed by atoms with Gasteiger partial charge in [0.15, 0.2) is 0 Å². The molecule has 0 atom stereocenters. The topological polar surface area (TPSA) is 38.0 Å². The van der Waals surface area contributed by atoms with E-state index in [-0.39, 0.29) is 0 Å². The number of phenols is 1. The molecule has 1 N–H and O–H groups in total. The van der Waals surface area contributed by atoms with Crippen molar-refractivity contribution in [3.05, 3.63) is 87.8 Å². The molecule has 0 amide bonds. The van der Waals surface area contributed by atoms with Crippen molar-refractivity contribution in [3.63, 3.8) is 0 Å². The molecule has 0 fully saturated rings. The number of fused-ring (bicyclic) bond motifs is 3. The normalized spacial score (nSPS) is 12.8. The Morgan fingerprint density at radius 3 is 1.87 bits per heavy atom. The van der Waals surface area contributed by atoms with E-state index in [9.17, 15) is 5.11 Å². The van der Waals surface area contributed by atoms with Crippen molar-refractivity contribution in [2.24, 2.45) is 0 Å². The molecule has 0 saturated heterocycles. The Labute approximate surface area is 330 Å². The summed E-state index contributed by atoms with van der Waals surface area (Å²) in [5.41, 5.74) is 21.0. The number of aromatic hydroxyl groups is 1. The first-order valence-corrected chi connectivity index (χ1v) is 19.3. The number of aryl methyl sites for hydroxylation is 1. The minimum absolute atomic E-state index is 0.338. The van der Waals surface area contributed by atoms with Crippen molar-refractivity contribution >= 4 is 176 Å². The van der Waals surface area contributed by atoms with E-state index in [2.05, 4.69) is 165 Å². The number of allylic oxidation sites excluding steroid dienone is 2. The predicted molar refractivity (Wildman–Crippen MR) is 271 cm³/mol. The molecule has 0 saturated carbocycles. The van der Waals surface area contributed by atoms with E-state index in [1.165, 1.54) is 54.8 Å². The zero-order valence-corrected chi connectivity index (χ0v) is 34.5. The average molecular weight is 685 g/mol. The molecule has 250 valence electrons. The fourth-order valence-corrected chi connectivity index (χ4v) is 8.92. The second-order valence-corrected chi connectivity index (χ2v) is 15.7. The predicted octanol–water partition coefficient (Wildman–Crippen LogP) is -8.61. The summed E-state index contributed by atoms with van der Waals surface area (Å²) >= 11 is 0. The summed E-state index contributed by atoms with van der Waals surface area (Å²) in [6.07, 6.45) is 0.815. The van der Waals surface area contributed by atoms with E-state index in [4.69, 9.17) is 12.5 Å². The molecule has 0 unspecified atom stereocenters. The fraction of sp³-hybridized carbons (Fsp3) is 0.0769. The van der Waals surface area contributed by atoms with E-state index in [0.717, 1.165) is 88.5 Å². The maximum atomic E-state index is 12.5. The molecule has 0 bridgehead atoms. The summed E-state index contributed by atoms with van der Waals surface area (Å²) in [5, 5.41) is 18.9. The van der Waals surface area contributed by atoms with Gasteiger partial charge in [0.2, 0.25) is 0 Å². The summed E-state index contributed by atoms with van der Waals surface area (Å²) in [7, 11) is 29.3. The molecule has 54 heavy (non-hydrogen) atoms. The van der Waals surface area contributed by atoms with Gasteiger partial charge in [0.05, 0.1) is 0 Å². The standard InChI is InChI=1S/C39H42B12N2O/c1-3-21-52-18-10-6-7-11-20(18)53(21)19-13-12-17(15-8-4-5-9-16(15)19)22-23-25(39(54)38(51)36(49)30(23)43)24(29(42)26(22)31(44)28(41)14(2)40)27-32(45)34(47)37(50)35(48)33(27)46/h4-13,42,54H,3,40-41,43-51H2,1-2H3/b28-14-,31-26+. The van der Waals surface area contributed by atoms with Crippen molar-refractivity contribution in [2.75, 3.05) is 0 Å². The molecule has 0 aliphatic carbocycles. The molecule has 1 heterocycles. The monoisotopic (exact) mass is 686 g/mol. The van der Waals surface area contributed by atoms with E-state index in [1.807, 2.05) is 0 Å². The third-order valence-corrected chi connectivity index (χ3v) is 13.0. The fourth-order valence-electron chi connectivity index (χ4n) is 8.92. The van der Waals surface area contributed by atoms with Crippen molar-refractivity contribution in [2.45, 2.75) is 20.3 Å². The van der Waals surface area contributed by atoms with Crippen molar-refractivity contribution in [1.29, 1.82) is 0 Å². The number of hydrogen-bond acceptors (Lipinski definition) is 2. The molecule has 0 aliphatic heterocycles. The first kappa shape index (κ1) is 37.8. The molecule has 3 nitrogen and oxygen atoms in total. The van der Waals surface area contributed by atoms with Crippen LogP contribution in [0.15, 0.2) is 71.6 Å². The Hall–Kier alpha value is -4.50. The molecular formula is C39H42B12N2O. The van der Waals surface area contributed by atoms with Gasteiger partial charge in [0.25, 0.3) is 0 Å². The second kappa shape index (κ2) is 14.0. The van der Waals surface area contributed by atoms with Crippen molar-refractivity contribution in [3.8, 4) is 33.7 Å². The molecule has 7 rings (SSSR count). The molecule has 6 aromatic carbocycles. The van der Waals surface area contributed by atoms with Gasteiger partial charge in [-0.25, -0.2) is 0 Å². The zero-order valence-electron chi connectivity index (χ0n) is 34.5. The number of benzene rings is 6. The number of nitrogens with zero attached hydrogens (tertiary/aromatic N) is 2. The molecule has 1 aromatic heterocycles. The van der Waals surface area contributed by atoms with Gasteiger partial charge in [-0.1, -0.05) is 0 Å². The maximum absolute atomic E-state index is 12.5. The molecule has 7 aromatic rings. The number of rotatable bonds is 5.